The second-order valence-electron chi connectivity index (χ2n) is 3.08. The van der Waals surface area contributed by atoms with Gasteiger partial charge in [0.25, 0.3) is 0 Å². The monoisotopic (exact) mass is 174 g/mol. The molecule has 3 heteroatoms. The predicted molar refractivity (Wildman–Crippen MR) is 47.0 cm³/mol. The normalized spacial score (nSPS) is 13.3. The summed E-state index contributed by atoms with van der Waals surface area (Å²) in [5.41, 5.74) is 0. The van der Waals surface area contributed by atoms with Crippen molar-refractivity contribution in [1.82, 2.24) is 0 Å². The SMILES string of the molecule is CC(C)OC(C=O)CCCCO. The molecule has 0 aliphatic carbocycles. The molecule has 1 atom stereocenters. The number of aliphatic hydroxyl groups excluding tert-OH is 1. The number of unbranched alkanes of at least 4 members (excludes halogenated alkanes) is 1. The van der Waals surface area contributed by atoms with Crippen LogP contribution in [0.2, 0.25) is 0 Å². The molecule has 0 spiro atoms. The molecule has 3 nitrogen and oxygen atoms in total. The maximum Gasteiger partial charge on any atom is 0.148 e. The highest BCUT2D eigenvalue weighted by atomic mass is 16.5. The van der Waals surface area contributed by atoms with Gasteiger partial charge in [-0.25, -0.2) is 0 Å². The van der Waals surface area contributed by atoms with Gasteiger partial charge in [0, 0.05) is 6.61 Å². The molecular formula is C9H18O3. The van der Waals surface area contributed by atoms with Crippen LogP contribution in [-0.2, 0) is 9.53 Å². The molecule has 0 aromatic carbocycles. The van der Waals surface area contributed by atoms with E-state index in [0.29, 0.717) is 6.42 Å². The summed E-state index contributed by atoms with van der Waals surface area (Å²) in [5, 5.41) is 8.50. The fraction of sp³-hybridized carbons (Fsp3) is 0.889. The molecule has 0 saturated heterocycles. The van der Waals surface area contributed by atoms with Crippen molar-refractivity contribution >= 4 is 6.29 Å². The highest BCUT2D eigenvalue weighted by Gasteiger charge is 2.08. The molecule has 0 amide bonds. The van der Waals surface area contributed by atoms with Crippen LogP contribution < -0.4 is 0 Å². The fourth-order valence-corrected chi connectivity index (χ4v) is 0.975. The third-order valence-electron chi connectivity index (χ3n) is 1.50. The summed E-state index contributed by atoms with van der Waals surface area (Å²) >= 11 is 0. The van der Waals surface area contributed by atoms with Gasteiger partial charge in [-0.2, -0.15) is 0 Å². The first-order valence-corrected chi connectivity index (χ1v) is 4.42. The predicted octanol–water partition coefficient (Wildman–Crippen LogP) is 1.14. The second-order valence-corrected chi connectivity index (χ2v) is 3.08. The van der Waals surface area contributed by atoms with Crippen LogP contribution in [0.5, 0.6) is 0 Å². The van der Waals surface area contributed by atoms with Crippen LogP contribution in [0, 0.1) is 0 Å². The maximum absolute atomic E-state index is 10.4. The molecule has 0 aliphatic rings. The molecule has 0 saturated carbocycles. The fourth-order valence-electron chi connectivity index (χ4n) is 0.975. The van der Waals surface area contributed by atoms with Gasteiger partial charge >= 0.3 is 0 Å². The smallest absolute Gasteiger partial charge is 0.148 e. The van der Waals surface area contributed by atoms with E-state index in [4.69, 9.17) is 9.84 Å². The molecule has 0 bridgehead atoms. The zero-order valence-corrected chi connectivity index (χ0v) is 7.82. The van der Waals surface area contributed by atoms with Crippen molar-refractivity contribution in [2.75, 3.05) is 6.61 Å². The van der Waals surface area contributed by atoms with Crippen molar-refractivity contribution in [1.29, 1.82) is 0 Å². The Bertz CT molecular complexity index is 112. The van der Waals surface area contributed by atoms with E-state index in [2.05, 4.69) is 0 Å². The van der Waals surface area contributed by atoms with Gasteiger partial charge in [-0.15, -0.1) is 0 Å². The Morgan fingerprint density at radius 2 is 2.08 bits per heavy atom. The van der Waals surface area contributed by atoms with Crippen molar-refractivity contribution in [3.63, 3.8) is 0 Å². The molecule has 0 rings (SSSR count). The molecule has 0 aliphatic heterocycles. The van der Waals surface area contributed by atoms with Crippen molar-refractivity contribution in [3.8, 4) is 0 Å². The molecular weight excluding hydrogens is 156 g/mol. The summed E-state index contributed by atoms with van der Waals surface area (Å²) < 4.78 is 5.30. The van der Waals surface area contributed by atoms with E-state index in [0.717, 1.165) is 19.1 Å². The lowest BCUT2D eigenvalue weighted by Gasteiger charge is -2.14. The third-order valence-corrected chi connectivity index (χ3v) is 1.50. The van der Waals surface area contributed by atoms with E-state index in [1.807, 2.05) is 13.8 Å². The molecule has 0 aromatic rings. The van der Waals surface area contributed by atoms with E-state index in [-0.39, 0.29) is 18.8 Å². The number of aldehydes is 1. The number of carbonyl (C=O) groups is 1. The average molecular weight is 174 g/mol. The summed E-state index contributed by atoms with van der Waals surface area (Å²) in [7, 11) is 0. The highest BCUT2D eigenvalue weighted by Crippen LogP contribution is 2.05. The molecule has 0 fully saturated rings. The minimum absolute atomic E-state index is 0.0920. The number of aliphatic hydroxyl groups is 1. The summed E-state index contributed by atoms with van der Waals surface area (Å²) in [6, 6.07) is 0. The molecule has 0 aromatic heterocycles. The van der Waals surface area contributed by atoms with Crippen molar-refractivity contribution in [2.45, 2.75) is 45.3 Å². The molecule has 0 heterocycles. The first-order valence-electron chi connectivity index (χ1n) is 4.42. The number of hydrogen-bond acceptors (Lipinski definition) is 3. The number of carbonyl (C=O) groups excluding carboxylic acids is 1. The van der Waals surface area contributed by atoms with Crippen LogP contribution in [0.15, 0.2) is 0 Å². The van der Waals surface area contributed by atoms with Gasteiger partial charge in [-0.05, 0) is 33.1 Å². The third kappa shape index (κ3) is 6.31. The maximum atomic E-state index is 10.4. The summed E-state index contributed by atoms with van der Waals surface area (Å²) in [4.78, 5) is 10.4. The van der Waals surface area contributed by atoms with Gasteiger partial charge in [0.1, 0.15) is 12.4 Å². The standard InChI is InChI=1S/C9H18O3/c1-8(2)12-9(7-11)5-3-4-6-10/h7-10H,3-6H2,1-2H3. The molecule has 1 N–H and O–H groups in total. The number of rotatable bonds is 7. The van der Waals surface area contributed by atoms with Crippen molar-refractivity contribution in [2.24, 2.45) is 0 Å². The van der Waals surface area contributed by atoms with Crippen molar-refractivity contribution < 1.29 is 14.6 Å². The number of hydrogen-bond donors (Lipinski definition) is 1. The van der Waals surface area contributed by atoms with Crippen LogP contribution in [0.25, 0.3) is 0 Å². The van der Waals surface area contributed by atoms with Gasteiger partial charge in [0.15, 0.2) is 0 Å². The molecule has 12 heavy (non-hydrogen) atoms. The minimum Gasteiger partial charge on any atom is -0.396 e. The zero-order chi connectivity index (χ0) is 9.40. The van der Waals surface area contributed by atoms with Gasteiger partial charge in [0.05, 0.1) is 6.10 Å². The van der Waals surface area contributed by atoms with Crippen LogP contribution in [0.3, 0.4) is 0 Å². The molecule has 1 unspecified atom stereocenters. The quantitative estimate of drug-likeness (QED) is 0.465. The first-order chi connectivity index (χ1) is 5.70. The van der Waals surface area contributed by atoms with Crippen LogP contribution in [-0.4, -0.2) is 30.2 Å². The van der Waals surface area contributed by atoms with E-state index >= 15 is 0 Å². The Kier molecular flexibility index (Phi) is 7.00. The largest absolute Gasteiger partial charge is 0.396 e. The van der Waals surface area contributed by atoms with E-state index in [1.54, 1.807) is 0 Å². The van der Waals surface area contributed by atoms with Crippen molar-refractivity contribution in [3.05, 3.63) is 0 Å². The van der Waals surface area contributed by atoms with E-state index < -0.39 is 0 Å². The first kappa shape index (κ1) is 11.6. The summed E-state index contributed by atoms with van der Waals surface area (Å²) in [6.07, 6.45) is 2.92. The topological polar surface area (TPSA) is 46.5 Å². The Hall–Kier alpha value is -0.410. The Labute approximate surface area is 73.7 Å². The summed E-state index contributed by atoms with van der Waals surface area (Å²) in [6.45, 7) is 4.00. The van der Waals surface area contributed by atoms with Gasteiger partial charge < -0.3 is 14.6 Å². The van der Waals surface area contributed by atoms with Gasteiger partial charge in [-0.1, -0.05) is 0 Å². The highest BCUT2D eigenvalue weighted by molar-refractivity contribution is 5.55. The molecule has 72 valence electrons. The summed E-state index contributed by atoms with van der Waals surface area (Å²) in [5.74, 6) is 0. The zero-order valence-electron chi connectivity index (χ0n) is 7.82. The van der Waals surface area contributed by atoms with E-state index in [9.17, 15) is 4.79 Å². The number of ether oxygens (including phenoxy) is 1. The van der Waals surface area contributed by atoms with Crippen LogP contribution in [0.1, 0.15) is 33.1 Å². The Morgan fingerprint density at radius 1 is 1.42 bits per heavy atom. The molecule has 0 radical (unpaired) electrons. The lowest BCUT2D eigenvalue weighted by atomic mass is 10.2. The van der Waals surface area contributed by atoms with Gasteiger partial charge in [0.2, 0.25) is 0 Å². The average Bonchev–Trinajstić information content (AvgIpc) is 2.02. The van der Waals surface area contributed by atoms with Crippen LogP contribution >= 0.6 is 0 Å². The van der Waals surface area contributed by atoms with E-state index in [1.165, 1.54) is 0 Å². The lowest BCUT2D eigenvalue weighted by Crippen LogP contribution is -2.19. The van der Waals surface area contributed by atoms with Crippen LogP contribution in [0.4, 0.5) is 0 Å². The Morgan fingerprint density at radius 3 is 2.50 bits per heavy atom. The minimum atomic E-state index is -0.295. The lowest BCUT2D eigenvalue weighted by molar-refractivity contribution is -0.121. The second kappa shape index (κ2) is 7.25. The Balaban J connectivity index is 3.46. The van der Waals surface area contributed by atoms with Gasteiger partial charge in [-0.3, -0.25) is 0 Å².